The number of rotatable bonds is 3. The Morgan fingerprint density at radius 2 is 2.12 bits per heavy atom. The first-order chi connectivity index (χ1) is 11.6. The molecule has 1 aromatic heterocycles. The summed E-state index contributed by atoms with van der Waals surface area (Å²) in [6, 6.07) is 6.43. The number of fused-ring (bicyclic) bond motifs is 1. The van der Waals surface area contributed by atoms with Crippen LogP contribution in [-0.4, -0.2) is 44.4 Å². The van der Waals surface area contributed by atoms with Gasteiger partial charge in [-0.1, -0.05) is 18.2 Å². The SMILES string of the molecule is O=C(Cc1ccc2c(c1)CCCC2)N1CCC(O)(c2cn[nH]n2)C1. The van der Waals surface area contributed by atoms with Gasteiger partial charge in [0.25, 0.3) is 0 Å². The molecule has 6 heteroatoms. The highest BCUT2D eigenvalue weighted by molar-refractivity contribution is 5.79. The van der Waals surface area contributed by atoms with Crippen LogP contribution in [0.25, 0.3) is 0 Å². The lowest BCUT2D eigenvalue weighted by atomic mass is 9.90. The van der Waals surface area contributed by atoms with Gasteiger partial charge in [0, 0.05) is 13.0 Å². The number of hydrogen-bond acceptors (Lipinski definition) is 4. The molecular formula is C18H22N4O2. The van der Waals surface area contributed by atoms with Crippen molar-refractivity contribution in [1.29, 1.82) is 0 Å². The minimum Gasteiger partial charge on any atom is -0.381 e. The van der Waals surface area contributed by atoms with Gasteiger partial charge in [-0.2, -0.15) is 15.4 Å². The van der Waals surface area contributed by atoms with Crippen LogP contribution in [0.15, 0.2) is 24.4 Å². The summed E-state index contributed by atoms with van der Waals surface area (Å²) in [5.41, 5.74) is 3.31. The molecule has 1 aliphatic carbocycles. The third-order valence-electron chi connectivity index (χ3n) is 5.26. The normalized spacial score (nSPS) is 23.3. The van der Waals surface area contributed by atoms with Crippen molar-refractivity contribution in [2.45, 2.75) is 44.1 Å². The number of hydrogen-bond donors (Lipinski definition) is 2. The first-order valence-corrected chi connectivity index (χ1v) is 8.61. The minimum absolute atomic E-state index is 0.0604. The molecule has 0 radical (unpaired) electrons. The standard InChI is InChI=1S/C18H22N4O2/c23-17(10-13-5-6-14-3-1-2-4-15(14)9-13)22-8-7-18(24,12-22)16-11-19-21-20-16/h5-6,9,11,24H,1-4,7-8,10,12H2,(H,19,20,21). The van der Waals surface area contributed by atoms with Gasteiger partial charge in [-0.3, -0.25) is 4.79 Å². The number of carbonyl (C=O) groups excluding carboxylic acids is 1. The van der Waals surface area contributed by atoms with Gasteiger partial charge in [-0.25, -0.2) is 0 Å². The molecule has 24 heavy (non-hydrogen) atoms. The van der Waals surface area contributed by atoms with Crippen LogP contribution in [0, 0.1) is 0 Å². The maximum absolute atomic E-state index is 12.6. The molecule has 1 unspecified atom stereocenters. The van der Waals surface area contributed by atoms with Crippen molar-refractivity contribution in [3.63, 3.8) is 0 Å². The fourth-order valence-electron chi connectivity index (χ4n) is 3.82. The van der Waals surface area contributed by atoms with Crippen molar-refractivity contribution in [1.82, 2.24) is 20.3 Å². The van der Waals surface area contributed by atoms with E-state index in [2.05, 4.69) is 33.6 Å². The molecule has 1 atom stereocenters. The molecule has 0 bridgehead atoms. The molecule has 2 heterocycles. The van der Waals surface area contributed by atoms with E-state index in [1.54, 1.807) is 4.90 Å². The van der Waals surface area contributed by atoms with Gasteiger partial charge in [0.1, 0.15) is 11.3 Å². The van der Waals surface area contributed by atoms with Crippen LogP contribution in [0.1, 0.15) is 41.6 Å². The Balaban J connectivity index is 1.44. The average molecular weight is 326 g/mol. The van der Waals surface area contributed by atoms with Crippen molar-refractivity contribution in [2.75, 3.05) is 13.1 Å². The van der Waals surface area contributed by atoms with Gasteiger partial charge < -0.3 is 10.0 Å². The third kappa shape index (κ3) is 2.82. The Hall–Kier alpha value is -2.21. The summed E-state index contributed by atoms with van der Waals surface area (Å²) >= 11 is 0. The summed E-state index contributed by atoms with van der Waals surface area (Å²) in [5, 5.41) is 20.9. The minimum atomic E-state index is -1.08. The average Bonchev–Trinajstić information content (AvgIpc) is 3.25. The molecule has 1 fully saturated rings. The van der Waals surface area contributed by atoms with Crippen LogP contribution in [-0.2, 0) is 29.7 Å². The van der Waals surface area contributed by atoms with Crippen LogP contribution < -0.4 is 0 Å². The van der Waals surface area contributed by atoms with E-state index in [4.69, 9.17) is 0 Å². The third-order valence-corrected chi connectivity index (χ3v) is 5.26. The van der Waals surface area contributed by atoms with Gasteiger partial charge in [-0.15, -0.1) is 0 Å². The topological polar surface area (TPSA) is 82.1 Å². The number of amides is 1. The van der Waals surface area contributed by atoms with Gasteiger partial charge in [-0.05, 0) is 42.4 Å². The number of aromatic amines is 1. The van der Waals surface area contributed by atoms with E-state index in [9.17, 15) is 9.90 Å². The number of nitrogens with one attached hydrogen (secondary N) is 1. The van der Waals surface area contributed by atoms with E-state index in [1.807, 2.05) is 0 Å². The van der Waals surface area contributed by atoms with E-state index in [0.29, 0.717) is 25.1 Å². The maximum atomic E-state index is 12.6. The summed E-state index contributed by atoms with van der Waals surface area (Å²) in [5.74, 6) is 0.0604. The quantitative estimate of drug-likeness (QED) is 0.892. The predicted molar refractivity (Wildman–Crippen MR) is 88.3 cm³/mol. The van der Waals surface area contributed by atoms with Crippen LogP contribution in [0.3, 0.4) is 0 Å². The Morgan fingerprint density at radius 3 is 2.92 bits per heavy atom. The Morgan fingerprint density at radius 1 is 1.29 bits per heavy atom. The number of aliphatic hydroxyl groups is 1. The van der Waals surface area contributed by atoms with Gasteiger partial charge in [0.05, 0.1) is 19.2 Å². The van der Waals surface area contributed by atoms with Crippen LogP contribution in [0.4, 0.5) is 0 Å². The predicted octanol–water partition coefficient (Wildman–Crippen LogP) is 1.35. The fraction of sp³-hybridized carbons (Fsp3) is 0.500. The van der Waals surface area contributed by atoms with Crippen LogP contribution in [0.5, 0.6) is 0 Å². The number of carbonyl (C=O) groups is 1. The van der Waals surface area contributed by atoms with Crippen molar-refractivity contribution >= 4 is 5.91 Å². The van der Waals surface area contributed by atoms with Crippen molar-refractivity contribution in [2.24, 2.45) is 0 Å². The molecule has 0 saturated carbocycles. The lowest BCUT2D eigenvalue weighted by Crippen LogP contribution is -2.35. The van der Waals surface area contributed by atoms with Crippen molar-refractivity contribution in [3.8, 4) is 0 Å². The first-order valence-electron chi connectivity index (χ1n) is 8.61. The lowest BCUT2D eigenvalue weighted by molar-refractivity contribution is -0.130. The van der Waals surface area contributed by atoms with Crippen LogP contribution >= 0.6 is 0 Å². The van der Waals surface area contributed by atoms with Crippen LogP contribution in [0.2, 0.25) is 0 Å². The van der Waals surface area contributed by atoms with E-state index >= 15 is 0 Å². The summed E-state index contributed by atoms with van der Waals surface area (Å²) in [6.07, 6.45) is 7.18. The van der Waals surface area contributed by atoms with Gasteiger partial charge >= 0.3 is 0 Å². The molecule has 1 amide bonds. The molecule has 1 aliphatic heterocycles. The first kappa shape index (κ1) is 15.3. The number of aryl methyl sites for hydroxylation is 2. The highest BCUT2D eigenvalue weighted by Crippen LogP contribution is 2.30. The highest BCUT2D eigenvalue weighted by Gasteiger charge is 2.41. The second kappa shape index (κ2) is 6.02. The smallest absolute Gasteiger partial charge is 0.227 e. The zero-order valence-electron chi connectivity index (χ0n) is 13.7. The molecule has 1 aromatic carbocycles. The van der Waals surface area contributed by atoms with E-state index < -0.39 is 5.60 Å². The summed E-state index contributed by atoms with van der Waals surface area (Å²) in [6.45, 7) is 0.830. The second-order valence-corrected chi connectivity index (χ2v) is 6.94. The highest BCUT2D eigenvalue weighted by atomic mass is 16.3. The molecular weight excluding hydrogens is 304 g/mol. The van der Waals surface area contributed by atoms with Gasteiger partial charge in [0.15, 0.2) is 0 Å². The Kier molecular flexibility index (Phi) is 3.84. The van der Waals surface area contributed by atoms with Crippen molar-refractivity contribution < 1.29 is 9.90 Å². The molecule has 2 aliphatic rings. The molecule has 4 rings (SSSR count). The van der Waals surface area contributed by atoms with Crippen molar-refractivity contribution in [3.05, 3.63) is 46.8 Å². The molecule has 2 N–H and O–H groups in total. The molecule has 2 aromatic rings. The maximum Gasteiger partial charge on any atom is 0.227 e. The number of β-amino-alcohol motifs (C(OH)–C–C–N with tert-alkyl or cyclic N) is 1. The molecule has 126 valence electrons. The number of likely N-dealkylation sites (tertiary alicyclic amines) is 1. The number of aromatic nitrogens is 3. The van der Waals surface area contributed by atoms with Gasteiger partial charge in [0.2, 0.25) is 5.91 Å². The largest absolute Gasteiger partial charge is 0.381 e. The Labute approximate surface area is 140 Å². The number of H-pyrrole nitrogens is 1. The Bertz CT molecular complexity index is 743. The zero-order chi connectivity index (χ0) is 16.6. The molecule has 6 nitrogen and oxygen atoms in total. The lowest BCUT2D eigenvalue weighted by Gasteiger charge is -2.21. The molecule has 0 spiro atoms. The summed E-state index contributed by atoms with van der Waals surface area (Å²) < 4.78 is 0. The fourth-order valence-corrected chi connectivity index (χ4v) is 3.82. The monoisotopic (exact) mass is 326 g/mol. The number of nitrogens with zero attached hydrogens (tertiary/aromatic N) is 3. The summed E-state index contributed by atoms with van der Waals surface area (Å²) in [7, 11) is 0. The second-order valence-electron chi connectivity index (χ2n) is 6.94. The van der Waals surface area contributed by atoms with E-state index in [0.717, 1.165) is 18.4 Å². The van der Waals surface area contributed by atoms with E-state index in [-0.39, 0.29) is 12.5 Å². The van der Waals surface area contributed by atoms with E-state index in [1.165, 1.54) is 30.2 Å². The zero-order valence-corrected chi connectivity index (χ0v) is 13.7. The molecule has 1 saturated heterocycles. The summed E-state index contributed by atoms with van der Waals surface area (Å²) in [4.78, 5) is 14.3. The number of benzene rings is 1.